The molecule has 0 radical (unpaired) electrons. The highest BCUT2D eigenvalue weighted by Crippen LogP contribution is 2.44. The molecule has 3 nitrogen and oxygen atoms in total. The lowest BCUT2D eigenvalue weighted by atomic mass is 9.72. The first kappa shape index (κ1) is 13.6. The van der Waals surface area contributed by atoms with E-state index >= 15 is 0 Å². The van der Waals surface area contributed by atoms with Crippen LogP contribution in [0.5, 0.6) is 11.5 Å². The third kappa shape index (κ3) is 2.00. The van der Waals surface area contributed by atoms with E-state index in [1.165, 1.54) is 28.7 Å². The predicted octanol–water partition coefficient (Wildman–Crippen LogP) is 3.25. The SMILES string of the molecule is COc1cc2c(cc1OC)[C@@H]1c3ccccc3CN[C@@H]1CC2. The molecule has 1 aliphatic carbocycles. The lowest BCUT2D eigenvalue weighted by Crippen LogP contribution is -2.42. The van der Waals surface area contributed by atoms with Gasteiger partial charge in [-0.1, -0.05) is 24.3 Å². The molecule has 2 aromatic carbocycles. The Morgan fingerprint density at radius 3 is 2.55 bits per heavy atom. The summed E-state index contributed by atoms with van der Waals surface area (Å²) >= 11 is 0. The maximum atomic E-state index is 5.52. The van der Waals surface area contributed by atoms with Gasteiger partial charge in [-0.25, -0.2) is 0 Å². The zero-order valence-electron chi connectivity index (χ0n) is 13.1. The summed E-state index contributed by atoms with van der Waals surface area (Å²) in [5.41, 5.74) is 5.64. The van der Waals surface area contributed by atoms with Crippen LogP contribution in [-0.2, 0) is 13.0 Å². The zero-order valence-corrected chi connectivity index (χ0v) is 13.1. The van der Waals surface area contributed by atoms with Gasteiger partial charge in [0.2, 0.25) is 0 Å². The Morgan fingerprint density at radius 2 is 1.73 bits per heavy atom. The van der Waals surface area contributed by atoms with E-state index in [1.807, 2.05) is 0 Å². The van der Waals surface area contributed by atoms with Crippen LogP contribution < -0.4 is 14.8 Å². The van der Waals surface area contributed by atoms with Gasteiger partial charge in [-0.15, -0.1) is 0 Å². The number of hydrogen-bond donors (Lipinski definition) is 1. The molecule has 4 rings (SSSR count). The second-order valence-corrected chi connectivity index (χ2v) is 6.11. The average Bonchev–Trinajstić information content (AvgIpc) is 2.59. The van der Waals surface area contributed by atoms with E-state index in [4.69, 9.17) is 9.47 Å². The van der Waals surface area contributed by atoms with Crippen molar-refractivity contribution in [2.24, 2.45) is 0 Å². The first-order valence-corrected chi connectivity index (χ1v) is 7.88. The lowest BCUT2D eigenvalue weighted by Gasteiger charge is -2.39. The van der Waals surface area contributed by atoms with Crippen molar-refractivity contribution in [3.63, 3.8) is 0 Å². The highest BCUT2D eigenvalue weighted by Gasteiger charge is 2.35. The van der Waals surface area contributed by atoms with Crippen molar-refractivity contribution in [1.29, 1.82) is 0 Å². The quantitative estimate of drug-likeness (QED) is 0.922. The average molecular weight is 295 g/mol. The van der Waals surface area contributed by atoms with Crippen molar-refractivity contribution in [3.05, 3.63) is 58.7 Å². The Hall–Kier alpha value is -2.00. The number of fused-ring (bicyclic) bond motifs is 5. The number of aryl methyl sites for hydroxylation is 1. The van der Waals surface area contributed by atoms with E-state index in [9.17, 15) is 0 Å². The van der Waals surface area contributed by atoms with Gasteiger partial charge < -0.3 is 14.8 Å². The van der Waals surface area contributed by atoms with Gasteiger partial charge in [0, 0.05) is 18.5 Å². The molecule has 1 heterocycles. The Labute approximate surface area is 131 Å². The summed E-state index contributed by atoms with van der Waals surface area (Å²) in [7, 11) is 3.41. The summed E-state index contributed by atoms with van der Waals surface area (Å²) in [5, 5.41) is 3.71. The van der Waals surface area contributed by atoms with Crippen molar-refractivity contribution in [3.8, 4) is 11.5 Å². The summed E-state index contributed by atoms with van der Waals surface area (Å²) in [6.45, 7) is 0.972. The van der Waals surface area contributed by atoms with Crippen LogP contribution in [0.25, 0.3) is 0 Å². The van der Waals surface area contributed by atoms with Crippen LogP contribution in [0.3, 0.4) is 0 Å². The minimum Gasteiger partial charge on any atom is -0.493 e. The molecule has 0 unspecified atom stereocenters. The van der Waals surface area contributed by atoms with Crippen molar-refractivity contribution in [1.82, 2.24) is 5.32 Å². The van der Waals surface area contributed by atoms with Gasteiger partial charge in [0.15, 0.2) is 11.5 Å². The second kappa shape index (κ2) is 5.33. The number of hydrogen-bond acceptors (Lipinski definition) is 3. The van der Waals surface area contributed by atoms with Crippen LogP contribution in [0.4, 0.5) is 0 Å². The van der Waals surface area contributed by atoms with E-state index in [2.05, 4.69) is 41.7 Å². The molecule has 0 fully saturated rings. The van der Waals surface area contributed by atoms with Crippen LogP contribution in [-0.4, -0.2) is 20.3 Å². The van der Waals surface area contributed by atoms with Crippen LogP contribution >= 0.6 is 0 Å². The van der Waals surface area contributed by atoms with Gasteiger partial charge in [-0.05, 0) is 47.2 Å². The van der Waals surface area contributed by atoms with Crippen LogP contribution in [0.15, 0.2) is 36.4 Å². The van der Waals surface area contributed by atoms with E-state index in [1.54, 1.807) is 14.2 Å². The molecule has 0 saturated carbocycles. The first-order chi connectivity index (χ1) is 10.8. The lowest BCUT2D eigenvalue weighted by molar-refractivity contribution is 0.349. The Balaban J connectivity index is 1.89. The molecule has 2 aliphatic rings. The summed E-state index contributed by atoms with van der Waals surface area (Å²) in [5.74, 6) is 2.07. The summed E-state index contributed by atoms with van der Waals surface area (Å²) in [4.78, 5) is 0. The molecule has 2 atom stereocenters. The van der Waals surface area contributed by atoms with Crippen LogP contribution in [0, 0.1) is 0 Å². The molecule has 114 valence electrons. The molecule has 1 aliphatic heterocycles. The van der Waals surface area contributed by atoms with Gasteiger partial charge in [-0.3, -0.25) is 0 Å². The molecule has 2 aromatic rings. The largest absolute Gasteiger partial charge is 0.493 e. The highest BCUT2D eigenvalue weighted by atomic mass is 16.5. The third-order valence-electron chi connectivity index (χ3n) is 5.05. The van der Waals surface area contributed by atoms with Gasteiger partial charge in [-0.2, -0.15) is 0 Å². The summed E-state index contributed by atoms with van der Waals surface area (Å²) in [6, 6.07) is 13.6. The Kier molecular flexibility index (Phi) is 3.30. The highest BCUT2D eigenvalue weighted by molar-refractivity contribution is 5.54. The molecule has 0 aromatic heterocycles. The topological polar surface area (TPSA) is 30.5 Å². The number of ether oxygens (including phenoxy) is 2. The fourth-order valence-electron chi connectivity index (χ4n) is 3.98. The van der Waals surface area contributed by atoms with Gasteiger partial charge in [0.05, 0.1) is 14.2 Å². The fraction of sp³-hybridized carbons (Fsp3) is 0.368. The minimum atomic E-state index is 0.411. The Morgan fingerprint density at radius 1 is 0.955 bits per heavy atom. The van der Waals surface area contributed by atoms with Crippen molar-refractivity contribution in [2.45, 2.75) is 31.3 Å². The zero-order chi connectivity index (χ0) is 15.1. The normalized spacial score (nSPS) is 22.3. The molecule has 0 bridgehead atoms. The third-order valence-corrected chi connectivity index (χ3v) is 5.05. The maximum Gasteiger partial charge on any atom is 0.161 e. The van der Waals surface area contributed by atoms with E-state index in [0.29, 0.717) is 12.0 Å². The molecule has 0 spiro atoms. The second-order valence-electron chi connectivity index (χ2n) is 6.11. The molecular formula is C19H21NO2. The number of rotatable bonds is 2. The number of nitrogens with one attached hydrogen (secondary N) is 1. The predicted molar refractivity (Wildman–Crippen MR) is 86.8 cm³/mol. The summed E-state index contributed by atoms with van der Waals surface area (Å²) < 4.78 is 11.0. The van der Waals surface area contributed by atoms with Crippen molar-refractivity contribution >= 4 is 0 Å². The standard InChI is InChI=1S/C19H21NO2/c1-21-17-9-12-7-8-16-19(15(12)10-18(17)22-2)14-6-4-3-5-13(14)11-20-16/h3-6,9-10,16,19-20H,7-8,11H2,1-2H3/t16-,19+/m1/s1. The van der Waals surface area contributed by atoms with E-state index < -0.39 is 0 Å². The molecule has 0 saturated heterocycles. The van der Waals surface area contributed by atoms with E-state index in [0.717, 1.165) is 24.5 Å². The fourth-order valence-corrected chi connectivity index (χ4v) is 3.98. The monoisotopic (exact) mass is 295 g/mol. The minimum absolute atomic E-state index is 0.411. The molecule has 0 amide bonds. The van der Waals surface area contributed by atoms with Gasteiger partial charge >= 0.3 is 0 Å². The molecular weight excluding hydrogens is 274 g/mol. The van der Waals surface area contributed by atoms with Crippen LogP contribution in [0.2, 0.25) is 0 Å². The first-order valence-electron chi connectivity index (χ1n) is 7.88. The smallest absolute Gasteiger partial charge is 0.161 e. The molecule has 1 N–H and O–H groups in total. The van der Waals surface area contributed by atoms with Gasteiger partial charge in [0.25, 0.3) is 0 Å². The van der Waals surface area contributed by atoms with Crippen molar-refractivity contribution < 1.29 is 9.47 Å². The number of methoxy groups -OCH3 is 2. The molecule has 3 heteroatoms. The van der Waals surface area contributed by atoms with E-state index in [-0.39, 0.29) is 0 Å². The van der Waals surface area contributed by atoms with Crippen molar-refractivity contribution in [2.75, 3.05) is 14.2 Å². The maximum absolute atomic E-state index is 5.52. The Bertz CT molecular complexity index is 711. The molecule has 22 heavy (non-hydrogen) atoms. The number of benzene rings is 2. The summed E-state index contributed by atoms with van der Waals surface area (Å²) in [6.07, 6.45) is 2.26. The van der Waals surface area contributed by atoms with Crippen LogP contribution in [0.1, 0.15) is 34.6 Å². The van der Waals surface area contributed by atoms with Gasteiger partial charge in [0.1, 0.15) is 0 Å².